The molecular weight excluding hydrogens is 339 g/mol. The predicted octanol–water partition coefficient (Wildman–Crippen LogP) is 3.12. The summed E-state index contributed by atoms with van der Waals surface area (Å²) in [4.78, 5) is 11.5. The van der Waals surface area contributed by atoms with Gasteiger partial charge in [0.15, 0.2) is 6.61 Å². The highest BCUT2D eigenvalue weighted by Gasteiger charge is 2.02. The largest absolute Gasteiger partial charge is 0.484 e. The Morgan fingerprint density at radius 2 is 2.05 bits per heavy atom. The van der Waals surface area contributed by atoms with E-state index < -0.39 is 11.7 Å². The second kappa shape index (κ2) is 7.54. The SMILES string of the molecule is O=C(COc1cccc(F)c1)N/N=C\c1ccc(Br)cc1. The van der Waals surface area contributed by atoms with Crippen LogP contribution in [0.1, 0.15) is 5.56 Å². The number of hydrogen-bond donors (Lipinski definition) is 1. The van der Waals surface area contributed by atoms with Crippen LogP contribution in [0.15, 0.2) is 58.1 Å². The maximum absolute atomic E-state index is 12.9. The van der Waals surface area contributed by atoms with Crippen molar-refractivity contribution in [1.82, 2.24) is 5.43 Å². The number of halogens is 2. The summed E-state index contributed by atoms with van der Waals surface area (Å²) in [6, 6.07) is 13.0. The number of nitrogens with one attached hydrogen (secondary N) is 1. The van der Waals surface area contributed by atoms with Crippen LogP contribution >= 0.6 is 15.9 Å². The molecule has 0 spiro atoms. The molecule has 0 atom stereocenters. The fourth-order valence-electron chi connectivity index (χ4n) is 1.47. The van der Waals surface area contributed by atoms with Crippen LogP contribution in [0.25, 0.3) is 0 Å². The van der Waals surface area contributed by atoms with Crippen molar-refractivity contribution < 1.29 is 13.9 Å². The normalized spacial score (nSPS) is 10.6. The van der Waals surface area contributed by atoms with Crippen molar-refractivity contribution in [2.75, 3.05) is 6.61 Å². The Kier molecular flexibility index (Phi) is 5.45. The van der Waals surface area contributed by atoms with Gasteiger partial charge in [0, 0.05) is 10.5 Å². The molecule has 4 nitrogen and oxygen atoms in total. The van der Waals surface area contributed by atoms with Gasteiger partial charge >= 0.3 is 0 Å². The Bertz CT molecular complexity index is 644. The van der Waals surface area contributed by atoms with Crippen molar-refractivity contribution in [2.45, 2.75) is 0 Å². The first-order valence-corrected chi connectivity index (χ1v) is 6.88. The quantitative estimate of drug-likeness (QED) is 0.665. The number of carbonyl (C=O) groups excluding carboxylic acids is 1. The van der Waals surface area contributed by atoms with Crippen molar-refractivity contribution >= 4 is 28.1 Å². The summed E-state index contributed by atoms with van der Waals surface area (Å²) in [6.07, 6.45) is 1.52. The molecule has 0 aromatic heterocycles. The molecule has 2 aromatic rings. The van der Waals surface area contributed by atoms with Gasteiger partial charge in [0.05, 0.1) is 6.21 Å². The number of ether oxygens (including phenoxy) is 1. The summed E-state index contributed by atoms with van der Waals surface area (Å²) in [5, 5.41) is 3.81. The fourth-order valence-corrected chi connectivity index (χ4v) is 1.73. The summed E-state index contributed by atoms with van der Waals surface area (Å²) < 4.78 is 19.0. The molecule has 2 aromatic carbocycles. The van der Waals surface area contributed by atoms with Gasteiger partial charge in [-0.05, 0) is 29.8 Å². The molecular formula is C15H12BrFN2O2. The number of hydrogen-bond acceptors (Lipinski definition) is 3. The lowest BCUT2D eigenvalue weighted by molar-refractivity contribution is -0.123. The van der Waals surface area contributed by atoms with Crippen molar-refractivity contribution in [3.63, 3.8) is 0 Å². The van der Waals surface area contributed by atoms with Crippen LogP contribution in [-0.2, 0) is 4.79 Å². The topological polar surface area (TPSA) is 50.7 Å². The number of benzene rings is 2. The molecule has 0 heterocycles. The number of hydrazone groups is 1. The second-order valence-electron chi connectivity index (χ2n) is 4.09. The zero-order valence-electron chi connectivity index (χ0n) is 10.9. The molecule has 0 aliphatic rings. The summed E-state index contributed by atoms with van der Waals surface area (Å²) in [7, 11) is 0. The molecule has 1 amide bonds. The lowest BCUT2D eigenvalue weighted by atomic mass is 10.2. The third-order valence-electron chi connectivity index (χ3n) is 2.44. The predicted molar refractivity (Wildman–Crippen MR) is 81.8 cm³/mol. The van der Waals surface area contributed by atoms with E-state index in [0.717, 1.165) is 10.0 Å². The van der Waals surface area contributed by atoms with E-state index in [2.05, 4.69) is 26.5 Å². The Morgan fingerprint density at radius 1 is 1.29 bits per heavy atom. The van der Waals surface area contributed by atoms with Crippen LogP contribution < -0.4 is 10.2 Å². The standard InChI is InChI=1S/C15H12BrFN2O2/c16-12-6-4-11(5-7-12)9-18-19-15(20)10-21-14-3-1-2-13(17)8-14/h1-9H,10H2,(H,19,20)/b18-9-. The zero-order valence-corrected chi connectivity index (χ0v) is 12.5. The minimum Gasteiger partial charge on any atom is -0.484 e. The van der Waals surface area contributed by atoms with E-state index in [1.165, 1.54) is 24.4 Å². The molecule has 0 unspecified atom stereocenters. The van der Waals surface area contributed by atoms with E-state index in [-0.39, 0.29) is 6.61 Å². The number of amides is 1. The van der Waals surface area contributed by atoms with Gasteiger partial charge in [-0.15, -0.1) is 0 Å². The first kappa shape index (κ1) is 15.2. The second-order valence-corrected chi connectivity index (χ2v) is 5.01. The number of carbonyl (C=O) groups is 1. The van der Waals surface area contributed by atoms with E-state index in [1.807, 2.05) is 24.3 Å². The van der Waals surface area contributed by atoms with E-state index >= 15 is 0 Å². The molecule has 21 heavy (non-hydrogen) atoms. The van der Waals surface area contributed by atoms with Crippen molar-refractivity contribution in [2.24, 2.45) is 5.10 Å². The highest BCUT2D eigenvalue weighted by atomic mass is 79.9. The van der Waals surface area contributed by atoms with E-state index in [1.54, 1.807) is 6.07 Å². The summed E-state index contributed by atoms with van der Waals surface area (Å²) in [6.45, 7) is -0.235. The third-order valence-corrected chi connectivity index (χ3v) is 2.97. The molecule has 108 valence electrons. The van der Waals surface area contributed by atoms with Gasteiger partial charge in [-0.3, -0.25) is 4.79 Å². The molecule has 1 N–H and O–H groups in total. The molecule has 2 rings (SSSR count). The highest BCUT2D eigenvalue weighted by Crippen LogP contribution is 2.11. The van der Waals surface area contributed by atoms with Crippen LogP contribution in [0.3, 0.4) is 0 Å². The van der Waals surface area contributed by atoms with Crippen LogP contribution in [0.5, 0.6) is 5.75 Å². The fraction of sp³-hybridized carbons (Fsp3) is 0.0667. The Labute approximate surface area is 129 Å². The first-order valence-electron chi connectivity index (χ1n) is 6.09. The van der Waals surface area contributed by atoms with Gasteiger partial charge in [-0.2, -0.15) is 5.10 Å². The lowest BCUT2D eigenvalue weighted by Gasteiger charge is -2.04. The van der Waals surface area contributed by atoms with Crippen LogP contribution in [0, 0.1) is 5.82 Å². The van der Waals surface area contributed by atoms with E-state index in [4.69, 9.17) is 4.74 Å². The molecule has 0 bridgehead atoms. The van der Waals surface area contributed by atoms with Gasteiger partial charge in [0.1, 0.15) is 11.6 Å². The first-order chi connectivity index (χ1) is 10.1. The average molecular weight is 351 g/mol. The zero-order chi connectivity index (χ0) is 15.1. The summed E-state index contributed by atoms with van der Waals surface area (Å²) in [5.74, 6) is -0.546. The Hall–Kier alpha value is -2.21. The molecule has 6 heteroatoms. The monoisotopic (exact) mass is 350 g/mol. The van der Waals surface area contributed by atoms with Crippen LogP contribution in [0.2, 0.25) is 0 Å². The van der Waals surface area contributed by atoms with Gasteiger partial charge in [-0.25, -0.2) is 9.82 Å². The maximum atomic E-state index is 12.9. The number of nitrogens with zero attached hydrogens (tertiary/aromatic N) is 1. The van der Waals surface area contributed by atoms with Crippen LogP contribution in [0.4, 0.5) is 4.39 Å². The van der Waals surface area contributed by atoms with Gasteiger partial charge in [-0.1, -0.05) is 34.1 Å². The average Bonchev–Trinajstić information content (AvgIpc) is 2.47. The minimum atomic E-state index is -0.423. The molecule has 0 saturated heterocycles. The van der Waals surface area contributed by atoms with Crippen LogP contribution in [-0.4, -0.2) is 18.7 Å². The van der Waals surface area contributed by atoms with E-state index in [0.29, 0.717) is 5.75 Å². The van der Waals surface area contributed by atoms with Crippen molar-refractivity contribution in [3.05, 3.63) is 64.4 Å². The Morgan fingerprint density at radius 3 is 2.76 bits per heavy atom. The van der Waals surface area contributed by atoms with E-state index in [9.17, 15) is 9.18 Å². The number of rotatable bonds is 5. The lowest BCUT2D eigenvalue weighted by Crippen LogP contribution is -2.24. The van der Waals surface area contributed by atoms with Gasteiger partial charge in [0.2, 0.25) is 0 Å². The Balaban J connectivity index is 1.78. The molecule has 0 aliphatic carbocycles. The molecule has 0 aliphatic heterocycles. The molecule has 0 fully saturated rings. The third kappa shape index (κ3) is 5.35. The van der Waals surface area contributed by atoms with Crippen molar-refractivity contribution in [3.8, 4) is 5.75 Å². The summed E-state index contributed by atoms with van der Waals surface area (Å²) >= 11 is 3.33. The minimum absolute atomic E-state index is 0.235. The summed E-state index contributed by atoms with van der Waals surface area (Å²) in [5.41, 5.74) is 3.18. The van der Waals surface area contributed by atoms with Gasteiger partial charge < -0.3 is 4.74 Å². The smallest absolute Gasteiger partial charge is 0.277 e. The van der Waals surface area contributed by atoms with Crippen molar-refractivity contribution in [1.29, 1.82) is 0 Å². The van der Waals surface area contributed by atoms with Gasteiger partial charge in [0.25, 0.3) is 5.91 Å². The maximum Gasteiger partial charge on any atom is 0.277 e. The highest BCUT2D eigenvalue weighted by molar-refractivity contribution is 9.10. The molecule has 0 radical (unpaired) electrons. The molecule has 0 saturated carbocycles.